The first kappa shape index (κ1) is 20.8. The maximum Gasteiger partial charge on any atom is 0.265 e. The van der Waals surface area contributed by atoms with Crippen LogP contribution in [0.3, 0.4) is 0 Å². The molecule has 9 heteroatoms. The van der Waals surface area contributed by atoms with Gasteiger partial charge in [0.1, 0.15) is 18.0 Å². The van der Waals surface area contributed by atoms with Crippen LogP contribution in [-0.4, -0.2) is 55.3 Å². The fourth-order valence-electron chi connectivity index (χ4n) is 3.55. The number of carbonyl (C=O) groups is 3. The van der Waals surface area contributed by atoms with Gasteiger partial charge in [0.05, 0.1) is 5.69 Å². The van der Waals surface area contributed by atoms with Crippen molar-refractivity contribution in [1.29, 1.82) is 0 Å². The molecule has 0 atom stereocenters. The van der Waals surface area contributed by atoms with Crippen LogP contribution in [0.15, 0.2) is 36.4 Å². The average molecular weight is 430 g/mol. The molecule has 2 aromatic rings. The molecule has 0 saturated carbocycles. The van der Waals surface area contributed by atoms with Gasteiger partial charge in [-0.1, -0.05) is 0 Å². The van der Waals surface area contributed by atoms with Crippen LogP contribution in [0.25, 0.3) is 0 Å². The number of carbonyl (C=O) groups excluding carboxylic acids is 3. The number of fused-ring (bicyclic) bond motifs is 1. The van der Waals surface area contributed by atoms with Crippen LogP contribution < -0.4 is 14.4 Å². The second-order valence-electron chi connectivity index (χ2n) is 7.33. The van der Waals surface area contributed by atoms with Gasteiger partial charge in [-0.3, -0.25) is 19.3 Å². The fraction of sp³-hybridized carbons (Fsp3) is 0.318. The van der Waals surface area contributed by atoms with Gasteiger partial charge < -0.3 is 14.4 Å². The lowest BCUT2D eigenvalue weighted by atomic mass is 10.1. The van der Waals surface area contributed by atoms with Crippen LogP contribution in [0.2, 0.25) is 0 Å². The Morgan fingerprint density at radius 2 is 1.81 bits per heavy atom. The highest BCUT2D eigenvalue weighted by Crippen LogP contribution is 2.33. The zero-order valence-corrected chi connectivity index (χ0v) is 16.6. The molecule has 2 aliphatic heterocycles. The van der Waals surface area contributed by atoms with Gasteiger partial charge in [0.25, 0.3) is 5.91 Å². The molecule has 4 rings (SSSR count). The maximum absolute atomic E-state index is 13.3. The number of amides is 2. The van der Waals surface area contributed by atoms with Gasteiger partial charge in [-0.05, 0) is 43.2 Å². The Balaban J connectivity index is 1.49. The number of halogens is 2. The Bertz CT molecular complexity index is 1040. The zero-order chi connectivity index (χ0) is 22.0. The molecule has 2 aromatic carbocycles. The van der Waals surface area contributed by atoms with Gasteiger partial charge in [0.15, 0.2) is 30.6 Å². The fourth-order valence-corrected chi connectivity index (χ4v) is 3.55. The van der Waals surface area contributed by atoms with E-state index < -0.39 is 24.0 Å². The Morgan fingerprint density at radius 1 is 1.03 bits per heavy atom. The maximum atomic E-state index is 13.3. The first-order valence-corrected chi connectivity index (χ1v) is 9.88. The van der Waals surface area contributed by atoms with E-state index in [0.29, 0.717) is 24.5 Å². The number of hydrogen-bond donors (Lipinski definition) is 0. The summed E-state index contributed by atoms with van der Waals surface area (Å²) in [7, 11) is 0. The van der Waals surface area contributed by atoms with Gasteiger partial charge in [-0.25, -0.2) is 8.78 Å². The summed E-state index contributed by atoms with van der Waals surface area (Å²) < 4.78 is 37.0. The Kier molecular flexibility index (Phi) is 5.83. The Labute approximate surface area is 177 Å². The molecule has 0 radical (unpaired) electrons. The third-order valence-corrected chi connectivity index (χ3v) is 5.24. The molecule has 162 valence electrons. The SMILES string of the molecule is O=C(COc1ccc(F)c(F)c1)c1ccc2c(c1)N(CC(=O)N1CCCC1)C(=O)CO2. The molecule has 0 bridgehead atoms. The lowest BCUT2D eigenvalue weighted by Gasteiger charge is -2.30. The largest absolute Gasteiger partial charge is 0.485 e. The van der Waals surface area contributed by atoms with Gasteiger partial charge in [0.2, 0.25) is 5.91 Å². The van der Waals surface area contributed by atoms with E-state index in [0.717, 1.165) is 25.0 Å². The van der Waals surface area contributed by atoms with Gasteiger partial charge in [-0.2, -0.15) is 0 Å². The lowest BCUT2D eigenvalue weighted by Crippen LogP contribution is -2.46. The standard InChI is InChI=1S/C22H20F2N2O5/c23-16-5-4-15(10-17(16)24)30-12-19(27)14-3-6-20-18(9-14)26(22(29)13-31-20)11-21(28)25-7-1-2-8-25/h3-6,9-10H,1-2,7-8,11-13H2. The summed E-state index contributed by atoms with van der Waals surface area (Å²) in [4.78, 5) is 40.6. The molecule has 7 nitrogen and oxygen atoms in total. The molecule has 0 aliphatic carbocycles. The van der Waals surface area contributed by atoms with Crippen molar-refractivity contribution < 1.29 is 32.6 Å². The second kappa shape index (κ2) is 8.71. The molecular weight excluding hydrogens is 410 g/mol. The molecule has 2 heterocycles. The normalized spacial score (nSPS) is 15.5. The molecular formula is C22H20F2N2O5. The molecule has 2 amide bonds. The quantitative estimate of drug-likeness (QED) is 0.659. The van der Waals surface area contributed by atoms with Crippen molar-refractivity contribution in [3.8, 4) is 11.5 Å². The first-order chi connectivity index (χ1) is 14.9. The topological polar surface area (TPSA) is 76.2 Å². The first-order valence-electron chi connectivity index (χ1n) is 9.88. The Hall–Kier alpha value is -3.49. The van der Waals surface area contributed by atoms with Crippen molar-refractivity contribution in [2.75, 3.05) is 37.7 Å². The Morgan fingerprint density at radius 3 is 2.55 bits per heavy atom. The predicted octanol–water partition coefficient (Wildman–Crippen LogP) is 2.57. The van der Waals surface area contributed by atoms with E-state index in [-0.39, 0.29) is 36.3 Å². The van der Waals surface area contributed by atoms with E-state index in [1.54, 1.807) is 11.0 Å². The lowest BCUT2D eigenvalue weighted by molar-refractivity contribution is -0.131. The number of benzene rings is 2. The van der Waals surface area contributed by atoms with Crippen molar-refractivity contribution in [2.45, 2.75) is 12.8 Å². The molecule has 2 aliphatic rings. The summed E-state index contributed by atoms with van der Waals surface area (Å²) in [5.41, 5.74) is 0.570. The monoisotopic (exact) mass is 430 g/mol. The van der Waals surface area contributed by atoms with Crippen molar-refractivity contribution in [3.05, 3.63) is 53.6 Å². The van der Waals surface area contributed by atoms with Crippen LogP contribution in [0.1, 0.15) is 23.2 Å². The molecule has 0 unspecified atom stereocenters. The zero-order valence-electron chi connectivity index (χ0n) is 16.6. The summed E-state index contributed by atoms with van der Waals surface area (Å²) in [6, 6.07) is 7.53. The molecule has 1 saturated heterocycles. The van der Waals surface area contributed by atoms with E-state index >= 15 is 0 Å². The minimum Gasteiger partial charge on any atom is -0.485 e. The van der Waals surface area contributed by atoms with E-state index in [4.69, 9.17) is 9.47 Å². The van der Waals surface area contributed by atoms with Crippen molar-refractivity contribution in [1.82, 2.24) is 4.90 Å². The summed E-state index contributed by atoms with van der Waals surface area (Å²) in [5.74, 6) is -2.64. The summed E-state index contributed by atoms with van der Waals surface area (Å²) >= 11 is 0. The average Bonchev–Trinajstić information content (AvgIpc) is 3.31. The molecule has 0 N–H and O–H groups in total. The number of nitrogens with zero attached hydrogens (tertiary/aromatic N) is 2. The van der Waals surface area contributed by atoms with E-state index in [9.17, 15) is 23.2 Å². The number of likely N-dealkylation sites (tertiary alicyclic amines) is 1. The van der Waals surface area contributed by atoms with E-state index in [1.807, 2.05) is 0 Å². The summed E-state index contributed by atoms with van der Waals surface area (Å²) in [6.45, 7) is 0.616. The highest BCUT2D eigenvalue weighted by molar-refractivity contribution is 6.04. The summed E-state index contributed by atoms with van der Waals surface area (Å²) in [6.07, 6.45) is 1.88. The molecule has 0 spiro atoms. The number of rotatable bonds is 6. The third-order valence-electron chi connectivity index (χ3n) is 5.24. The molecule has 1 fully saturated rings. The minimum atomic E-state index is -1.08. The number of anilines is 1. The number of ketones is 1. The molecule has 0 aromatic heterocycles. The van der Waals surface area contributed by atoms with Crippen molar-refractivity contribution >= 4 is 23.3 Å². The van der Waals surface area contributed by atoms with E-state index in [1.165, 1.54) is 23.1 Å². The van der Waals surface area contributed by atoms with Crippen molar-refractivity contribution in [3.63, 3.8) is 0 Å². The van der Waals surface area contributed by atoms with E-state index in [2.05, 4.69) is 0 Å². The minimum absolute atomic E-state index is 0.0153. The highest BCUT2D eigenvalue weighted by Gasteiger charge is 2.30. The number of ether oxygens (including phenoxy) is 2. The van der Waals surface area contributed by atoms with Gasteiger partial charge in [-0.15, -0.1) is 0 Å². The third kappa shape index (κ3) is 4.50. The van der Waals surface area contributed by atoms with Gasteiger partial charge in [0, 0.05) is 24.7 Å². The smallest absolute Gasteiger partial charge is 0.265 e. The van der Waals surface area contributed by atoms with Crippen molar-refractivity contribution in [2.24, 2.45) is 0 Å². The van der Waals surface area contributed by atoms with Crippen LogP contribution in [0.5, 0.6) is 11.5 Å². The number of hydrogen-bond acceptors (Lipinski definition) is 5. The van der Waals surface area contributed by atoms with Gasteiger partial charge >= 0.3 is 0 Å². The van der Waals surface area contributed by atoms with Crippen LogP contribution in [0.4, 0.5) is 14.5 Å². The van der Waals surface area contributed by atoms with Crippen LogP contribution >= 0.6 is 0 Å². The number of Topliss-reactive ketones (excluding diaryl/α,β-unsaturated/α-hetero) is 1. The summed E-state index contributed by atoms with van der Waals surface area (Å²) in [5, 5.41) is 0. The second-order valence-corrected chi connectivity index (χ2v) is 7.33. The van der Waals surface area contributed by atoms with Crippen LogP contribution in [-0.2, 0) is 9.59 Å². The molecule has 31 heavy (non-hydrogen) atoms. The van der Waals surface area contributed by atoms with Crippen LogP contribution in [0, 0.1) is 11.6 Å². The highest BCUT2D eigenvalue weighted by atomic mass is 19.2. The predicted molar refractivity (Wildman–Crippen MR) is 106 cm³/mol.